The number of hydrogen-bond acceptors (Lipinski definition) is 2. The van der Waals surface area contributed by atoms with Crippen molar-refractivity contribution in [2.75, 3.05) is 13.1 Å². The Morgan fingerprint density at radius 2 is 1.92 bits per heavy atom. The van der Waals surface area contributed by atoms with Crippen LogP contribution in [0.15, 0.2) is 0 Å². The molecule has 0 aromatic rings. The first-order valence-electron chi connectivity index (χ1n) is 5.27. The fourth-order valence-electron chi connectivity index (χ4n) is 2.41. The Morgan fingerprint density at radius 3 is 2.33 bits per heavy atom. The summed E-state index contributed by atoms with van der Waals surface area (Å²) < 4.78 is 0. The maximum atomic E-state index is 3.45. The van der Waals surface area contributed by atoms with Crippen LogP contribution in [-0.4, -0.2) is 36.1 Å². The third-order valence-corrected chi connectivity index (χ3v) is 3.02. The standard InChI is InChI=1S/C10H20N2/c1-8(2)12(9-3-4-9)10-5-6-11-7-10/h8-11H,3-7H2,1-2H3. The van der Waals surface area contributed by atoms with E-state index in [9.17, 15) is 0 Å². The van der Waals surface area contributed by atoms with Crippen LogP contribution in [0.25, 0.3) is 0 Å². The van der Waals surface area contributed by atoms with Gasteiger partial charge in [-0.2, -0.15) is 0 Å². The van der Waals surface area contributed by atoms with E-state index in [1.807, 2.05) is 0 Å². The first-order chi connectivity index (χ1) is 5.79. The maximum absolute atomic E-state index is 3.45. The predicted molar refractivity (Wildman–Crippen MR) is 51.3 cm³/mol. The van der Waals surface area contributed by atoms with Gasteiger partial charge in [-0.1, -0.05) is 0 Å². The molecule has 70 valence electrons. The summed E-state index contributed by atoms with van der Waals surface area (Å²) in [6.45, 7) is 7.10. The highest BCUT2D eigenvalue weighted by atomic mass is 15.3. The van der Waals surface area contributed by atoms with Crippen molar-refractivity contribution in [3.8, 4) is 0 Å². The molecule has 2 aliphatic rings. The maximum Gasteiger partial charge on any atom is 0.0238 e. The number of nitrogens with one attached hydrogen (secondary N) is 1. The molecule has 1 unspecified atom stereocenters. The fraction of sp³-hybridized carbons (Fsp3) is 1.00. The molecule has 1 saturated carbocycles. The molecule has 1 N–H and O–H groups in total. The molecule has 1 aliphatic carbocycles. The van der Waals surface area contributed by atoms with Crippen molar-refractivity contribution >= 4 is 0 Å². The molecule has 0 spiro atoms. The zero-order chi connectivity index (χ0) is 8.55. The van der Waals surface area contributed by atoms with E-state index >= 15 is 0 Å². The molecule has 1 aliphatic heterocycles. The van der Waals surface area contributed by atoms with Crippen LogP contribution in [0.4, 0.5) is 0 Å². The van der Waals surface area contributed by atoms with Crippen molar-refractivity contribution in [3.63, 3.8) is 0 Å². The molecule has 0 amide bonds. The molecular formula is C10H20N2. The minimum atomic E-state index is 0.738. The number of rotatable bonds is 3. The van der Waals surface area contributed by atoms with Gasteiger partial charge in [-0.25, -0.2) is 0 Å². The Morgan fingerprint density at radius 1 is 1.17 bits per heavy atom. The van der Waals surface area contributed by atoms with E-state index in [0.717, 1.165) is 18.1 Å². The summed E-state index contributed by atoms with van der Waals surface area (Å²) in [4.78, 5) is 2.72. The quantitative estimate of drug-likeness (QED) is 0.681. The second-order valence-electron chi connectivity index (χ2n) is 4.42. The molecule has 12 heavy (non-hydrogen) atoms. The Hall–Kier alpha value is -0.0800. The van der Waals surface area contributed by atoms with Crippen molar-refractivity contribution < 1.29 is 0 Å². The topological polar surface area (TPSA) is 15.3 Å². The lowest BCUT2D eigenvalue weighted by atomic mass is 10.1. The van der Waals surface area contributed by atoms with Gasteiger partial charge in [0.15, 0.2) is 0 Å². The highest BCUT2D eigenvalue weighted by Gasteiger charge is 2.36. The Labute approximate surface area is 75.3 Å². The molecular weight excluding hydrogens is 148 g/mol. The van der Waals surface area contributed by atoms with Crippen LogP contribution in [0.3, 0.4) is 0 Å². The van der Waals surface area contributed by atoms with Crippen molar-refractivity contribution in [1.82, 2.24) is 10.2 Å². The highest BCUT2D eigenvalue weighted by molar-refractivity contribution is 4.93. The second kappa shape index (κ2) is 3.35. The highest BCUT2D eigenvalue weighted by Crippen LogP contribution is 2.31. The van der Waals surface area contributed by atoms with Gasteiger partial charge >= 0.3 is 0 Å². The van der Waals surface area contributed by atoms with Crippen LogP contribution in [0.2, 0.25) is 0 Å². The van der Waals surface area contributed by atoms with E-state index in [1.165, 1.54) is 32.4 Å². The van der Waals surface area contributed by atoms with Gasteiger partial charge in [0, 0.05) is 24.7 Å². The van der Waals surface area contributed by atoms with Gasteiger partial charge in [-0.3, -0.25) is 4.90 Å². The van der Waals surface area contributed by atoms with Crippen LogP contribution in [0, 0.1) is 0 Å². The summed E-state index contributed by atoms with van der Waals surface area (Å²) in [6.07, 6.45) is 4.23. The van der Waals surface area contributed by atoms with Gasteiger partial charge < -0.3 is 5.32 Å². The van der Waals surface area contributed by atoms with Crippen LogP contribution < -0.4 is 5.32 Å². The Kier molecular flexibility index (Phi) is 2.37. The van der Waals surface area contributed by atoms with Gasteiger partial charge in [0.1, 0.15) is 0 Å². The van der Waals surface area contributed by atoms with Crippen molar-refractivity contribution in [2.24, 2.45) is 0 Å². The fourth-order valence-corrected chi connectivity index (χ4v) is 2.41. The van der Waals surface area contributed by atoms with Crippen molar-refractivity contribution in [2.45, 2.75) is 51.2 Å². The van der Waals surface area contributed by atoms with Gasteiger partial charge in [-0.05, 0) is 39.7 Å². The summed E-state index contributed by atoms with van der Waals surface area (Å²) in [5.41, 5.74) is 0. The SMILES string of the molecule is CC(C)N(C1CC1)C1CCNC1. The van der Waals surface area contributed by atoms with E-state index in [2.05, 4.69) is 24.1 Å². The minimum Gasteiger partial charge on any atom is -0.315 e. The van der Waals surface area contributed by atoms with Gasteiger partial charge in [0.25, 0.3) is 0 Å². The predicted octanol–water partition coefficient (Wildman–Crippen LogP) is 1.22. The normalized spacial score (nSPS) is 30.5. The number of hydrogen-bond donors (Lipinski definition) is 1. The lowest BCUT2D eigenvalue weighted by Gasteiger charge is -2.32. The molecule has 2 heteroatoms. The van der Waals surface area contributed by atoms with E-state index in [4.69, 9.17) is 0 Å². The minimum absolute atomic E-state index is 0.738. The zero-order valence-corrected chi connectivity index (χ0v) is 8.21. The summed E-state index contributed by atoms with van der Waals surface area (Å²) in [5, 5.41) is 3.45. The van der Waals surface area contributed by atoms with Crippen LogP contribution in [0.5, 0.6) is 0 Å². The molecule has 2 nitrogen and oxygen atoms in total. The van der Waals surface area contributed by atoms with Crippen molar-refractivity contribution in [3.05, 3.63) is 0 Å². The van der Waals surface area contributed by atoms with E-state index in [-0.39, 0.29) is 0 Å². The van der Waals surface area contributed by atoms with Gasteiger partial charge in [-0.15, -0.1) is 0 Å². The lowest BCUT2D eigenvalue weighted by Crippen LogP contribution is -2.43. The largest absolute Gasteiger partial charge is 0.315 e. The molecule has 0 bridgehead atoms. The smallest absolute Gasteiger partial charge is 0.0238 e. The average molecular weight is 168 g/mol. The molecule has 0 radical (unpaired) electrons. The first-order valence-corrected chi connectivity index (χ1v) is 5.27. The zero-order valence-electron chi connectivity index (χ0n) is 8.21. The number of nitrogens with zero attached hydrogens (tertiary/aromatic N) is 1. The molecule has 1 heterocycles. The van der Waals surface area contributed by atoms with E-state index in [0.29, 0.717) is 0 Å². The molecule has 0 aromatic carbocycles. The van der Waals surface area contributed by atoms with Gasteiger partial charge in [0.2, 0.25) is 0 Å². The molecule has 1 saturated heterocycles. The second-order valence-corrected chi connectivity index (χ2v) is 4.42. The Bertz CT molecular complexity index is 144. The molecule has 0 aromatic heterocycles. The van der Waals surface area contributed by atoms with Crippen LogP contribution >= 0.6 is 0 Å². The summed E-state index contributed by atoms with van der Waals surface area (Å²) in [5.74, 6) is 0. The summed E-state index contributed by atoms with van der Waals surface area (Å²) in [7, 11) is 0. The monoisotopic (exact) mass is 168 g/mol. The average Bonchev–Trinajstić information content (AvgIpc) is 2.65. The third-order valence-electron chi connectivity index (χ3n) is 3.02. The summed E-state index contributed by atoms with van der Waals surface area (Å²) in [6, 6.07) is 2.50. The molecule has 2 rings (SSSR count). The Balaban J connectivity index is 1.94. The molecule has 1 atom stereocenters. The third kappa shape index (κ3) is 1.64. The first kappa shape index (κ1) is 8.52. The van der Waals surface area contributed by atoms with Crippen LogP contribution in [0.1, 0.15) is 33.1 Å². The lowest BCUT2D eigenvalue weighted by molar-refractivity contribution is 0.153. The van der Waals surface area contributed by atoms with E-state index in [1.54, 1.807) is 0 Å². The van der Waals surface area contributed by atoms with E-state index < -0.39 is 0 Å². The van der Waals surface area contributed by atoms with Crippen LogP contribution in [-0.2, 0) is 0 Å². The van der Waals surface area contributed by atoms with Gasteiger partial charge in [0.05, 0.1) is 0 Å². The summed E-state index contributed by atoms with van der Waals surface area (Å²) >= 11 is 0. The molecule has 2 fully saturated rings. The van der Waals surface area contributed by atoms with Crippen molar-refractivity contribution in [1.29, 1.82) is 0 Å².